The Balaban J connectivity index is 2.55. The molecule has 2 rings (SSSR count). The maximum atomic E-state index is 13.3. The Kier molecular flexibility index (Phi) is 4.10. The quantitative estimate of drug-likeness (QED) is 0.746. The normalized spacial score (nSPS) is 43.3. The predicted molar refractivity (Wildman–Crippen MR) is 70.3 cm³/mol. The fourth-order valence-electron chi connectivity index (χ4n) is 4.91. The van der Waals surface area contributed by atoms with Gasteiger partial charge < -0.3 is 10.2 Å². The fraction of sp³-hybridized carbons (Fsp3) is 1.00. The first-order valence-corrected chi connectivity index (χ1v) is 7.63. The van der Waals surface area contributed by atoms with Gasteiger partial charge in [0.15, 0.2) is 11.2 Å². The number of fused-ring (bicyclic) bond motifs is 2. The summed E-state index contributed by atoms with van der Waals surface area (Å²) >= 11 is 0. The van der Waals surface area contributed by atoms with Crippen molar-refractivity contribution in [2.45, 2.75) is 57.7 Å². The molecule has 0 heterocycles. The SMILES string of the molecule is CC1C(C)C2CC1C(C(C)(O)C(F)(F)F)C2C(C)(O)C(F)(F)F. The van der Waals surface area contributed by atoms with Gasteiger partial charge in [-0.25, -0.2) is 0 Å². The zero-order valence-electron chi connectivity index (χ0n) is 13.3. The molecule has 2 fully saturated rings. The van der Waals surface area contributed by atoms with E-state index in [1.807, 2.05) is 0 Å². The molecule has 2 bridgehead atoms. The van der Waals surface area contributed by atoms with E-state index in [1.165, 1.54) is 0 Å². The van der Waals surface area contributed by atoms with Crippen molar-refractivity contribution in [1.82, 2.24) is 0 Å². The molecule has 0 aromatic heterocycles. The lowest BCUT2D eigenvalue weighted by Gasteiger charge is -2.50. The van der Waals surface area contributed by atoms with E-state index >= 15 is 0 Å². The molecule has 136 valence electrons. The molecule has 2 saturated carbocycles. The zero-order chi connectivity index (χ0) is 18.2. The number of hydrogen-bond acceptors (Lipinski definition) is 2. The molecular formula is C15H22F6O2. The Morgan fingerprint density at radius 2 is 0.957 bits per heavy atom. The predicted octanol–water partition coefficient (Wildman–Crippen LogP) is 3.77. The lowest BCUT2D eigenvalue weighted by Crippen LogP contribution is -2.62. The molecule has 8 atom stereocenters. The summed E-state index contributed by atoms with van der Waals surface area (Å²) in [4.78, 5) is 0. The van der Waals surface area contributed by atoms with Crippen molar-refractivity contribution in [2.75, 3.05) is 0 Å². The second kappa shape index (κ2) is 5.00. The van der Waals surface area contributed by atoms with Gasteiger partial charge >= 0.3 is 12.4 Å². The molecule has 2 nitrogen and oxygen atoms in total. The third-order valence-corrected chi connectivity index (χ3v) is 6.48. The van der Waals surface area contributed by atoms with Crippen molar-refractivity contribution in [3.63, 3.8) is 0 Å². The Hall–Kier alpha value is -0.500. The standard InChI is InChI=1S/C15H22F6O2/c1-6-7(2)9-5-8(6)10(12(3,22)14(16,17)18)11(9)13(4,23)15(19,20)21/h6-11,22-23H,5H2,1-4H3. The first kappa shape index (κ1) is 18.8. The van der Waals surface area contributed by atoms with Crippen molar-refractivity contribution >= 4 is 0 Å². The Bertz CT molecular complexity index is 426. The Morgan fingerprint density at radius 3 is 1.17 bits per heavy atom. The van der Waals surface area contributed by atoms with Crippen LogP contribution in [0.25, 0.3) is 0 Å². The van der Waals surface area contributed by atoms with E-state index in [0.717, 1.165) is 0 Å². The van der Waals surface area contributed by atoms with Gasteiger partial charge in [-0.2, -0.15) is 26.3 Å². The van der Waals surface area contributed by atoms with Crippen LogP contribution in [0.5, 0.6) is 0 Å². The maximum Gasteiger partial charge on any atom is 0.417 e. The van der Waals surface area contributed by atoms with Crippen LogP contribution in [0, 0.1) is 35.5 Å². The summed E-state index contributed by atoms with van der Waals surface area (Å²) in [6.45, 7) is 4.45. The Morgan fingerprint density at radius 1 is 0.696 bits per heavy atom. The van der Waals surface area contributed by atoms with E-state index in [0.29, 0.717) is 13.8 Å². The first-order valence-electron chi connectivity index (χ1n) is 7.63. The molecule has 23 heavy (non-hydrogen) atoms. The lowest BCUT2D eigenvalue weighted by molar-refractivity contribution is -0.323. The van der Waals surface area contributed by atoms with Crippen LogP contribution in [-0.2, 0) is 0 Å². The smallest absolute Gasteiger partial charge is 0.380 e. The Labute approximate surface area is 130 Å². The van der Waals surface area contributed by atoms with Gasteiger partial charge in [-0.1, -0.05) is 13.8 Å². The molecule has 0 amide bonds. The molecule has 0 aromatic carbocycles. The van der Waals surface area contributed by atoms with E-state index < -0.39 is 47.2 Å². The molecule has 8 heteroatoms. The van der Waals surface area contributed by atoms with Gasteiger partial charge in [0.1, 0.15) is 0 Å². The van der Waals surface area contributed by atoms with E-state index in [9.17, 15) is 36.6 Å². The topological polar surface area (TPSA) is 40.5 Å². The lowest BCUT2D eigenvalue weighted by atomic mass is 9.59. The molecule has 0 aliphatic heterocycles. The maximum absolute atomic E-state index is 13.3. The summed E-state index contributed by atoms with van der Waals surface area (Å²) in [6, 6.07) is 0. The molecular weight excluding hydrogens is 326 g/mol. The second-order valence-electron chi connectivity index (χ2n) is 7.62. The minimum absolute atomic E-state index is 0.163. The molecule has 0 spiro atoms. The van der Waals surface area contributed by atoms with Gasteiger partial charge in [0, 0.05) is 11.8 Å². The largest absolute Gasteiger partial charge is 0.417 e. The minimum Gasteiger partial charge on any atom is -0.380 e. The molecule has 0 saturated heterocycles. The van der Waals surface area contributed by atoms with Gasteiger partial charge in [0.05, 0.1) is 0 Å². The highest BCUT2D eigenvalue weighted by atomic mass is 19.4. The fourth-order valence-corrected chi connectivity index (χ4v) is 4.91. The second-order valence-corrected chi connectivity index (χ2v) is 7.62. The third kappa shape index (κ3) is 2.47. The van der Waals surface area contributed by atoms with E-state index in [2.05, 4.69) is 0 Å². The van der Waals surface area contributed by atoms with Crippen LogP contribution in [0.4, 0.5) is 26.3 Å². The number of rotatable bonds is 2. The average Bonchev–Trinajstić information content (AvgIpc) is 2.85. The van der Waals surface area contributed by atoms with Crippen LogP contribution in [0.2, 0.25) is 0 Å². The highest BCUT2D eigenvalue weighted by Gasteiger charge is 2.73. The monoisotopic (exact) mass is 348 g/mol. The van der Waals surface area contributed by atoms with Gasteiger partial charge in [0.25, 0.3) is 0 Å². The number of aliphatic hydroxyl groups is 2. The highest BCUT2D eigenvalue weighted by molar-refractivity contribution is 5.14. The van der Waals surface area contributed by atoms with Crippen LogP contribution in [0.1, 0.15) is 34.1 Å². The molecule has 0 aromatic rings. The van der Waals surface area contributed by atoms with Gasteiger partial charge in [-0.05, 0) is 43.9 Å². The van der Waals surface area contributed by atoms with E-state index in [-0.39, 0.29) is 18.3 Å². The van der Waals surface area contributed by atoms with Gasteiger partial charge in [0.2, 0.25) is 0 Å². The van der Waals surface area contributed by atoms with E-state index in [1.54, 1.807) is 13.8 Å². The first-order chi connectivity index (χ1) is 10.0. The van der Waals surface area contributed by atoms with Crippen molar-refractivity contribution < 1.29 is 36.6 Å². The molecule has 2 N–H and O–H groups in total. The number of halogens is 6. The number of hydrogen-bond donors (Lipinski definition) is 2. The summed E-state index contributed by atoms with van der Waals surface area (Å²) in [7, 11) is 0. The summed E-state index contributed by atoms with van der Waals surface area (Å²) in [6.07, 6.45) is -9.97. The zero-order valence-corrected chi connectivity index (χ0v) is 13.3. The van der Waals surface area contributed by atoms with Crippen molar-refractivity contribution in [3.05, 3.63) is 0 Å². The average molecular weight is 348 g/mol. The molecule has 0 radical (unpaired) electrons. The van der Waals surface area contributed by atoms with Gasteiger partial charge in [-0.3, -0.25) is 0 Å². The molecule has 2 aliphatic rings. The van der Waals surface area contributed by atoms with Crippen LogP contribution in [0.3, 0.4) is 0 Å². The summed E-state index contributed by atoms with van der Waals surface area (Å²) in [5.41, 5.74) is -6.55. The number of alkyl halides is 6. The molecule has 8 unspecified atom stereocenters. The molecule has 2 aliphatic carbocycles. The van der Waals surface area contributed by atoms with Crippen molar-refractivity contribution in [3.8, 4) is 0 Å². The minimum atomic E-state index is -5.06. The summed E-state index contributed by atoms with van der Waals surface area (Å²) in [5, 5.41) is 20.1. The van der Waals surface area contributed by atoms with Crippen LogP contribution < -0.4 is 0 Å². The van der Waals surface area contributed by atoms with Crippen LogP contribution in [-0.4, -0.2) is 33.8 Å². The third-order valence-electron chi connectivity index (χ3n) is 6.48. The summed E-state index contributed by atoms with van der Waals surface area (Å²) < 4.78 is 79.7. The van der Waals surface area contributed by atoms with Crippen LogP contribution in [0.15, 0.2) is 0 Å². The van der Waals surface area contributed by atoms with Crippen molar-refractivity contribution in [2.24, 2.45) is 35.5 Å². The highest BCUT2D eigenvalue weighted by Crippen LogP contribution is 2.66. The summed E-state index contributed by atoms with van der Waals surface area (Å²) in [5.74, 6) is -5.25. The van der Waals surface area contributed by atoms with Crippen LogP contribution >= 0.6 is 0 Å². The van der Waals surface area contributed by atoms with Crippen molar-refractivity contribution in [1.29, 1.82) is 0 Å². The van der Waals surface area contributed by atoms with Gasteiger partial charge in [-0.15, -0.1) is 0 Å². The van der Waals surface area contributed by atoms with E-state index in [4.69, 9.17) is 0 Å².